The van der Waals surface area contributed by atoms with Crippen LogP contribution in [0.5, 0.6) is 0 Å². The third kappa shape index (κ3) is 5.74. The fraction of sp³-hybridized carbons (Fsp3) is 0.148. The number of anilines is 1. The van der Waals surface area contributed by atoms with Crippen LogP contribution in [0.4, 0.5) is 5.82 Å². The number of carbonyl (C=O) groups excluding carboxylic acids is 2. The molecule has 0 spiro atoms. The van der Waals surface area contributed by atoms with Gasteiger partial charge in [0, 0.05) is 30.7 Å². The number of nitrogens with one attached hydrogen (secondary N) is 2. The largest absolute Gasteiger partial charge is 0.352 e. The van der Waals surface area contributed by atoms with Gasteiger partial charge >= 0.3 is 0 Å². The van der Waals surface area contributed by atoms with Crippen LogP contribution in [0.15, 0.2) is 84.9 Å². The number of benzene rings is 3. The summed E-state index contributed by atoms with van der Waals surface area (Å²) in [6.45, 7) is 4.49. The van der Waals surface area contributed by atoms with Crippen LogP contribution in [0.25, 0.3) is 11.3 Å². The molecule has 1 heterocycles. The average molecular weight is 439 g/mol. The van der Waals surface area contributed by atoms with Gasteiger partial charge in [0.05, 0.1) is 12.2 Å². The van der Waals surface area contributed by atoms with Crippen molar-refractivity contribution >= 4 is 17.6 Å². The molecule has 166 valence electrons. The Kier molecular flexibility index (Phi) is 6.64. The van der Waals surface area contributed by atoms with Crippen LogP contribution in [-0.4, -0.2) is 21.6 Å². The van der Waals surface area contributed by atoms with Crippen molar-refractivity contribution in [2.75, 3.05) is 5.32 Å². The number of nitrogens with zero attached hydrogens (tertiary/aromatic N) is 2. The van der Waals surface area contributed by atoms with Gasteiger partial charge in [0.25, 0.3) is 5.91 Å². The molecule has 0 unspecified atom stereocenters. The van der Waals surface area contributed by atoms with E-state index in [1.54, 1.807) is 12.1 Å². The molecule has 0 aliphatic carbocycles. The highest BCUT2D eigenvalue weighted by Gasteiger charge is 2.14. The molecule has 33 heavy (non-hydrogen) atoms. The number of rotatable bonds is 7. The molecule has 4 rings (SSSR count). The van der Waals surface area contributed by atoms with Gasteiger partial charge in [-0.1, -0.05) is 66.2 Å². The van der Waals surface area contributed by atoms with Gasteiger partial charge < -0.3 is 10.6 Å². The highest BCUT2D eigenvalue weighted by molar-refractivity contribution is 6.04. The van der Waals surface area contributed by atoms with Gasteiger partial charge in [-0.2, -0.15) is 5.10 Å². The van der Waals surface area contributed by atoms with E-state index in [4.69, 9.17) is 5.10 Å². The molecular weight excluding hydrogens is 412 g/mol. The van der Waals surface area contributed by atoms with Gasteiger partial charge in [0.2, 0.25) is 5.91 Å². The fourth-order valence-electron chi connectivity index (χ4n) is 3.53. The lowest BCUT2D eigenvalue weighted by Gasteiger charge is -2.10. The normalized spacial score (nSPS) is 10.6. The SMILES string of the molecule is CC(=O)NCc1ccc(C(=O)Nc2cc(-c3cccc(C)c3)nn2Cc2ccccc2)cc1. The number of aryl methyl sites for hydroxylation is 1. The maximum absolute atomic E-state index is 13.0. The van der Waals surface area contributed by atoms with Crippen LogP contribution < -0.4 is 10.6 Å². The summed E-state index contributed by atoms with van der Waals surface area (Å²) in [4.78, 5) is 24.1. The van der Waals surface area contributed by atoms with E-state index >= 15 is 0 Å². The minimum absolute atomic E-state index is 0.0899. The molecule has 6 heteroatoms. The molecule has 0 atom stereocenters. The molecule has 2 N–H and O–H groups in total. The Hall–Kier alpha value is -4.19. The summed E-state index contributed by atoms with van der Waals surface area (Å²) < 4.78 is 1.82. The molecule has 1 aromatic heterocycles. The third-order valence-electron chi connectivity index (χ3n) is 5.27. The van der Waals surface area contributed by atoms with E-state index in [1.807, 2.05) is 78.3 Å². The molecule has 6 nitrogen and oxygen atoms in total. The van der Waals surface area contributed by atoms with Crippen molar-refractivity contribution in [3.05, 3.63) is 107 Å². The molecule has 0 saturated heterocycles. The summed E-state index contributed by atoms with van der Waals surface area (Å²) in [6.07, 6.45) is 0. The zero-order chi connectivity index (χ0) is 23.2. The molecule has 0 aliphatic rings. The monoisotopic (exact) mass is 438 g/mol. The quantitative estimate of drug-likeness (QED) is 0.435. The van der Waals surface area contributed by atoms with E-state index < -0.39 is 0 Å². The summed E-state index contributed by atoms with van der Waals surface area (Å²) in [7, 11) is 0. The summed E-state index contributed by atoms with van der Waals surface area (Å²) in [5.74, 6) is 0.321. The first-order chi connectivity index (χ1) is 16.0. The number of hydrogen-bond acceptors (Lipinski definition) is 3. The van der Waals surface area contributed by atoms with E-state index in [9.17, 15) is 9.59 Å². The molecule has 3 aromatic carbocycles. The van der Waals surface area contributed by atoms with Crippen LogP contribution >= 0.6 is 0 Å². The lowest BCUT2D eigenvalue weighted by molar-refractivity contribution is -0.119. The zero-order valence-corrected chi connectivity index (χ0v) is 18.7. The molecule has 4 aromatic rings. The first-order valence-electron chi connectivity index (χ1n) is 10.8. The molecule has 0 saturated carbocycles. The zero-order valence-electron chi connectivity index (χ0n) is 18.7. The molecule has 0 aliphatic heterocycles. The smallest absolute Gasteiger partial charge is 0.256 e. The van der Waals surface area contributed by atoms with Crippen LogP contribution in [0.1, 0.15) is 34.0 Å². The van der Waals surface area contributed by atoms with Crippen LogP contribution in [0, 0.1) is 6.92 Å². The van der Waals surface area contributed by atoms with Crippen molar-refractivity contribution in [2.45, 2.75) is 26.9 Å². The lowest BCUT2D eigenvalue weighted by Crippen LogP contribution is -2.19. The molecule has 0 fully saturated rings. The molecule has 2 amide bonds. The van der Waals surface area contributed by atoms with Gasteiger partial charge in [0.1, 0.15) is 5.82 Å². The highest BCUT2D eigenvalue weighted by Crippen LogP contribution is 2.24. The number of amides is 2. The van der Waals surface area contributed by atoms with Crippen molar-refractivity contribution in [3.63, 3.8) is 0 Å². The summed E-state index contributed by atoms with van der Waals surface area (Å²) in [5.41, 5.74) is 5.50. The van der Waals surface area contributed by atoms with Gasteiger partial charge in [-0.3, -0.25) is 9.59 Å². The summed E-state index contributed by atoms with van der Waals surface area (Å²) in [5, 5.41) is 10.5. The Morgan fingerprint density at radius 1 is 0.879 bits per heavy atom. The fourth-order valence-corrected chi connectivity index (χ4v) is 3.53. The summed E-state index contributed by atoms with van der Waals surface area (Å²) in [6, 6.07) is 27.2. The Labute approximate surface area is 193 Å². The Morgan fingerprint density at radius 2 is 1.64 bits per heavy atom. The lowest BCUT2D eigenvalue weighted by atomic mass is 10.1. The predicted molar refractivity (Wildman–Crippen MR) is 130 cm³/mol. The minimum Gasteiger partial charge on any atom is -0.352 e. The van der Waals surface area contributed by atoms with Crippen molar-refractivity contribution in [1.82, 2.24) is 15.1 Å². The van der Waals surface area contributed by atoms with Crippen molar-refractivity contribution < 1.29 is 9.59 Å². The maximum atomic E-state index is 13.0. The second-order valence-electron chi connectivity index (χ2n) is 7.99. The highest BCUT2D eigenvalue weighted by atomic mass is 16.2. The third-order valence-corrected chi connectivity index (χ3v) is 5.27. The average Bonchev–Trinajstić information content (AvgIpc) is 3.21. The van der Waals surface area contributed by atoms with Gasteiger partial charge in [-0.15, -0.1) is 0 Å². The van der Waals surface area contributed by atoms with E-state index in [2.05, 4.69) is 16.7 Å². The summed E-state index contributed by atoms with van der Waals surface area (Å²) >= 11 is 0. The molecule has 0 bridgehead atoms. The number of carbonyl (C=O) groups is 2. The van der Waals surface area contributed by atoms with Gasteiger partial charge in [0.15, 0.2) is 0 Å². The first kappa shape index (κ1) is 22.0. The Bertz CT molecular complexity index is 1260. The van der Waals surface area contributed by atoms with E-state index in [0.29, 0.717) is 24.5 Å². The van der Waals surface area contributed by atoms with Crippen LogP contribution in [-0.2, 0) is 17.9 Å². The molecule has 0 radical (unpaired) electrons. The van der Waals surface area contributed by atoms with Crippen LogP contribution in [0.3, 0.4) is 0 Å². The van der Waals surface area contributed by atoms with Crippen molar-refractivity contribution in [2.24, 2.45) is 0 Å². The predicted octanol–water partition coefficient (Wildman–Crippen LogP) is 4.80. The van der Waals surface area contributed by atoms with E-state index in [1.165, 1.54) is 6.92 Å². The standard InChI is InChI=1S/C27H26N4O2/c1-19-7-6-10-24(15-19)25-16-26(31(30-25)18-22-8-4-3-5-9-22)29-27(33)23-13-11-21(12-14-23)17-28-20(2)32/h3-16H,17-18H2,1-2H3,(H,28,32)(H,29,33). The maximum Gasteiger partial charge on any atom is 0.256 e. The van der Waals surface area contributed by atoms with Crippen molar-refractivity contribution in [1.29, 1.82) is 0 Å². The molecular formula is C27H26N4O2. The topological polar surface area (TPSA) is 76.0 Å². The van der Waals surface area contributed by atoms with Crippen LogP contribution in [0.2, 0.25) is 0 Å². The first-order valence-corrected chi connectivity index (χ1v) is 10.8. The number of hydrogen-bond donors (Lipinski definition) is 2. The Morgan fingerprint density at radius 3 is 2.33 bits per heavy atom. The minimum atomic E-state index is -0.217. The van der Waals surface area contributed by atoms with Crippen molar-refractivity contribution in [3.8, 4) is 11.3 Å². The van der Waals surface area contributed by atoms with E-state index in [-0.39, 0.29) is 11.8 Å². The van der Waals surface area contributed by atoms with Gasteiger partial charge in [-0.05, 0) is 36.2 Å². The second kappa shape index (κ2) is 9.96. The Balaban J connectivity index is 1.58. The van der Waals surface area contributed by atoms with Gasteiger partial charge in [-0.25, -0.2) is 4.68 Å². The number of aromatic nitrogens is 2. The van der Waals surface area contributed by atoms with E-state index in [0.717, 1.165) is 27.9 Å². The second-order valence-corrected chi connectivity index (χ2v) is 7.99.